The third-order valence-corrected chi connectivity index (χ3v) is 2.57. The molecule has 0 fully saturated rings. The van der Waals surface area contributed by atoms with E-state index in [4.69, 9.17) is 5.11 Å². The van der Waals surface area contributed by atoms with E-state index < -0.39 is 23.1 Å². The van der Waals surface area contributed by atoms with Crippen LogP contribution in [0.3, 0.4) is 0 Å². The first kappa shape index (κ1) is 13.8. The zero-order valence-corrected chi connectivity index (χ0v) is 10.0. The van der Waals surface area contributed by atoms with Gasteiger partial charge < -0.3 is 5.11 Å². The molecule has 0 aliphatic heterocycles. The predicted octanol–water partition coefficient (Wildman–Crippen LogP) is 0.656. The lowest BCUT2D eigenvalue weighted by Crippen LogP contribution is -2.41. The second-order valence-electron chi connectivity index (χ2n) is 3.92. The molecule has 0 aromatic carbocycles. The summed E-state index contributed by atoms with van der Waals surface area (Å²) in [6, 6.07) is 2.62. The molecule has 2 rings (SSSR count). The molecule has 0 aliphatic rings. The molecule has 106 valence electrons. The molecule has 0 bridgehead atoms. The number of aromatic nitrogens is 3. The topological polar surface area (TPSA) is 77.1 Å². The van der Waals surface area contributed by atoms with E-state index in [0.29, 0.717) is 15.2 Å². The summed E-state index contributed by atoms with van der Waals surface area (Å²) in [6.45, 7) is 0. The van der Waals surface area contributed by atoms with Gasteiger partial charge in [-0.3, -0.25) is 9.36 Å². The van der Waals surface area contributed by atoms with Crippen LogP contribution in [-0.4, -0.2) is 19.2 Å². The van der Waals surface area contributed by atoms with Crippen LogP contribution in [0.4, 0.5) is 13.2 Å². The maximum absolute atomic E-state index is 12.6. The average molecular weight is 287 g/mol. The highest BCUT2D eigenvalue weighted by molar-refractivity contribution is 5.28. The van der Waals surface area contributed by atoms with Gasteiger partial charge in [0.15, 0.2) is 0 Å². The third-order valence-electron chi connectivity index (χ3n) is 2.57. The molecule has 0 saturated heterocycles. The van der Waals surface area contributed by atoms with Crippen molar-refractivity contribution in [2.24, 2.45) is 7.05 Å². The van der Waals surface area contributed by atoms with Crippen molar-refractivity contribution in [1.29, 1.82) is 0 Å². The largest absolute Gasteiger partial charge is 0.506 e. The van der Waals surface area contributed by atoms with Crippen molar-refractivity contribution in [2.45, 2.75) is 6.18 Å². The van der Waals surface area contributed by atoms with Crippen molar-refractivity contribution in [1.82, 2.24) is 14.1 Å². The van der Waals surface area contributed by atoms with Crippen LogP contribution in [0, 0.1) is 0 Å². The highest BCUT2D eigenvalue weighted by Crippen LogP contribution is 2.26. The van der Waals surface area contributed by atoms with Gasteiger partial charge in [-0.1, -0.05) is 0 Å². The lowest BCUT2D eigenvalue weighted by atomic mass is 10.3. The van der Waals surface area contributed by atoms with Crippen LogP contribution >= 0.6 is 0 Å². The molecule has 2 aromatic rings. The van der Waals surface area contributed by atoms with E-state index in [1.165, 1.54) is 0 Å². The van der Waals surface area contributed by atoms with Gasteiger partial charge in [-0.25, -0.2) is 14.3 Å². The van der Waals surface area contributed by atoms with Crippen molar-refractivity contribution in [3.8, 4) is 11.6 Å². The number of aromatic hydroxyl groups is 1. The minimum absolute atomic E-state index is 0.179. The van der Waals surface area contributed by atoms with E-state index in [0.717, 1.165) is 25.4 Å². The lowest BCUT2D eigenvalue weighted by Gasteiger charge is -2.13. The number of hydrogen-bond donors (Lipinski definition) is 1. The van der Waals surface area contributed by atoms with Gasteiger partial charge >= 0.3 is 11.9 Å². The molecule has 0 aliphatic carbocycles. The van der Waals surface area contributed by atoms with E-state index in [1.54, 1.807) is 0 Å². The summed E-state index contributed by atoms with van der Waals surface area (Å²) in [5, 5.41) is 9.07. The van der Waals surface area contributed by atoms with Crippen LogP contribution < -0.4 is 11.2 Å². The van der Waals surface area contributed by atoms with E-state index in [9.17, 15) is 22.8 Å². The fourth-order valence-corrected chi connectivity index (χ4v) is 1.62. The summed E-state index contributed by atoms with van der Waals surface area (Å²) in [4.78, 5) is 27.2. The van der Waals surface area contributed by atoms with Crippen LogP contribution in [0.5, 0.6) is 5.75 Å². The van der Waals surface area contributed by atoms with Gasteiger partial charge in [0.1, 0.15) is 17.3 Å². The fourth-order valence-electron chi connectivity index (χ4n) is 1.62. The van der Waals surface area contributed by atoms with Gasteiger partial charge in [0.2, 0.25) is 0 Å². The second kappa shape index (κ2) is 4.51. The normalized spacial score (nSPS) is 11.6. The summed E-state index contributed by atoms with van der Waals surface area (Å²) >= 11 is 0. The fraction of sp³-hybridized carbons (Fsp3) is 0.182. The maximum Gasteiger partial charge on any atom is 0.431 e. The number of hydrogen-bond acceptors (Lipinski definition) is 4. The Balaban J connectivity index is 2.75. The van der Waals surface area contributed by atoms with Gasteiger partial charge in [0, 0.05) is 13.1 Å². The van der Waals surface area contributed by atoms with Gasteiger partial charge in [0.25, 0.3) is 5.56 Å². The number of rotatable bonds is 1. The Kier molecular flexibility index (Phi) is 3.12. The molecule has 0 unspecified atom stereocenters. The molecule has 0 amide bonds. The van der Waals surface area contributed by atoms with Crippen molar-refractivity contribution in [3.63, 3.8) is 0 Å². The maximum atomic E-state index is 12.6. The summed E-state index contributed by atoms with van der Waals surface area (Å²) < 4.78 is 38.7. The Bertz CT molecular complexity index is 760. The monoisotopic (exact) mass is 287 g/mol. The summed E-state index contributed by atoms with van der Waals surface area (Å²) in [5.41, 5.74) is -3.68. The van der Waals surface area contributed by atoms with Crippen molar-refractivity contribution in [3.05, 3.63) is 50.9 Å². The van der Waals surface area contributed by atoms with Crippen LogP contribution in [0.1, 0.15) is 5.69 Å². The van der Waals surface area contributed by atoms with Crippen LogP contribution in [0.25, 0.3) is 5.82 Å². The smallest absolute Gasteiger partial charge is 0.431 e. The number of alkyl halides is 3. The first-order valence-electron chi connectivity index (χ1n) is 5.27. The first-order valence-corrected chi connectivity index (χ1v) is 5.27. The molecule has 20 heavy (non-hydrogen) atoms. The Hall–Kier alpha value is -2.58. The van der Waals surface area contributed by atoms with E-state index in [-0.39, 0.29) is 11.6 Å². The summed E-state index contributed by atoms with van der Waals surface area (Å²) in [6.07, 6.45) is -3.84. The molecule has 2 heterocycles. The van der Waals surface area contributed by atoms with E-state index in [2.05, 4.69) is 4.98 Å². The second-order valence-corrected chi connectivity index (χ2v) is 3.92. The van der Waals surface area contributed by atoms with E-state index >= 15 is 0 Å². The summed E-state index contributed by atoms with van der Waals surface area (Å²) in [5.74, 6) is -0.382. The van der Waals surface area contributed by atoms with Crippen LogP contribution in [0.15, 0.2) is 34.0 Å². The Morgan fingerprint density at radius 1 is 1.25 bits per heavy atom. The van der Waals surface area contributed by atoms with Crippen LogP contribution in [0.2, 0.25) is 0 Å². The minimum Gasteiger partial charge on any atom is -0.506 e. The molecular weight excluding hydrogens is 279 g/mol. The standard InChI is InChI=1S/C11H8F3N3O3/c1-16-7(11(12,13)14)4-9(19)17(10(16)20)8-3-2-6(18)5-15-8/h2-5,18H,1H3. The minimum atomic E-state index is -4.81. The Morgan fingerprint density at radius 3 is 2.40 bits per heavy atom. The number of nitrogens with zero attached hydrogens (tertiary/aromatic N) is 3. The summed E-state index contributed by atoms with van der Waals surface area (Å²) in [7, 11) is 0.904. The van der Waals surface area contributed by atoms with Crippen molar-refractivity contribution < 1.29 is 18.3 Å². The van der Waals surface area contributed by atoms with Gasteiger partial charge in [-0.2, -0.15) is 13.2 Å². The highest BCUT2D eigenvalue weighted by atomic mass is 19.4. The van der Waals surface area contributed by atoms with Gasteiger partial charge in [-0.05, 0) is 12.1 Å². The quantitative estimate of drug-likeness (QED) is 0.835. The zero-order valence-electron chi connectivity index (χ0n) is 10.0. The highest BCUT2D eigenvalue weighted by Gasteiger charge is 2.35. The third kappa shape index (κ3) is 2.29. The Morgan fingerprint density at radius 2 is 1.90 bits per heavy atom. The lowest BCUT2D eigenvalue weighted by molar-refractivity contribution is -0.144. The van der Waals surface area contributed by atoms with Crippen molar-refractivity contribution >= 4 is 0 Å². The van der Waals surface area contributed by atoms with E-state index in [1.807, 2.05) is 0 Å². The molecule has 1 N–H and O–H groups in total. The molecule has 0 atom stereocenters. The van der Waals surface area contributed by atoms with Crippen LogP contribution in [-0.2, 0) is 13.2 Å². The molecule has 9 heteroatoms. The first-order chi connectivity index (χ1) is 9.21. The molecule has 6 nitrogen and oxygen atoms in total. The van der Waals surface area contributed by atoms with Gasteiger partial charge in [-0.15, -0.1) is 0 Å². The number of pyridine rings is 1. The SMILES string of the molecule is Cn1c(C(F)(F)F)cc(=O)n(-c2ccc(O)cn2)c1=O. The molecule has 2 aromatic heterocycles. The predicted molar refractivity (Wildman–Crippen MR) is 61.7 cm³/mol. The average Bonchev–Trinajstić information content (AvgIpc) is 2.35. The zero-order chi connectivity index (χ0) is 15.1. The number of halogens is 3. The molecule has 0 saturated carbocycles. The van der Waals surface area contributed by atoms with Gasteiger partial charge in [0.05, 0.1) is 6.20 Å². The van der Waals surface area contributed by atoms with Crippen molar-refractivity contribution in [2.75, 3.05) is 0 Å². The molecular formula is C11H8F3N3O3. The molecule has 0 spiro atoms. The molecule has 0 radical (unpaired) electrons. The Labute approximate surface area is 109 Å².